The molecule has 2 aromatic rings. The minimum atomic E-state index is -0.617. The van der Waals surface area contributed by atoms with Gasteiger partial charge >= 0.3 is 0 Å². The van der Waals surface area contributed by atoms with Gasteiger partial charge in [0.05, 0.1) is 12.0 Å². The maximum absolute atomic E-state index is 13.0. The van der Waals surface area contributed by atoms with Crippen LogP contribution in [0.5, 0.6) is 5.75 Å². The van der Waals surface area contributed by atoms with Crippen molar-refractivity contribution in [3.63, 3.8) is 0 Å². The van der Waals surface area contributed by atoms with Crippen molar-refractivity contribution in [3.05, 3.63) is 65.2 Å². The van der Waals surface area contributed by atoms with Gasteiger partial charge < -0.3 is 14.5 Å². The van der Waals surface area contributed by atoms with Gasteiger partial charge in [-0.25, -0.2) is 5.48 Å². The summed E-state index contributed by atoms with van der Waals surface area (Å²) in [6, 6.07) is 14.5. The van der Waals surface area contributed by atoms with E-state index in [4.69, 9.17) is 9.94 Å². The highest BCUT2D eigenvalue weighted by Crippen LogP contribution is 2.40. The van der Waals surface area contributed by atoms with Gasteiger partial charge in [0.1, 0.15) is 11.4 Å². The van der Waals surface area contributed by atoms with Gasteiger partial charge in [-0.2, -0.15) is 0 Å². The van der Waals surface area contributed by atoms with Crippen LogP contribution in [0, 0.1) is 0 Å². The van der Waals surface area contributed by atoms with Gasteiger partial charge in [0, 0.05) is 57.3 Å². The number of ketones is 1. The lowest BCUT2D eigenvalue weighted by atomic mass is 9.82. The number of ether oxygens (including phenoxy) is 1. The topological polar surface area (TPSA) is 82.1 Å². The largest absolute Gasteiger partial charge is 0.486 e. The fourth-order valence-electron chi connectivity index (χ4n) is 5.35. The molecular formula is C26H29N3O4. The SMILES string of the molecule is CN1c2ccccc2CC1CN1CCC2(CC1)CC(=O)c1cc(/C=C/C(=O)NO)ccc1O2. The number of carbonyl (C=O) groups excluding carboxylic acids is 2. The molecule has 1 saturated heterocycles. The van der Waals surface area contributed by atoms with Crippen molar-refractivity contribution < 1.29 is 19.5 Å². The van der Waals surface area contributed by atoms with Gasteiger partial charge in [-0.1, -0.05) is 24.3 Å². The number of anilines is 1. The van der Waals surface area contributed by atoms with E-state index in [0.717, 1.165) is 38.9 Å². The molecule has 1 atom stereocenters. The van der Waals surface area contributed by atoms with E-state index in [1.807, 2.05) is 12.1 Å². The van der Waals surface area contributed by atoms with E-state index in [1.165, 1.54) is 17.3 Å². The number of amides is 1. The Labute approximate surface area is 193 Å². The first-order valence-corrected chi connectivity index (χ1v) is 11.5. The van der Waals surface area contributed by atoms with E-state index < -0.39 is 11.5 Å². The lowest BCUT2D eigenvalue weighted by molar-refractivity contribution is -0.124. The number of nitrogens with one attached hydrogen (secondary N) is 1. The number of Topliss-reactive ketones (excluding diaryl/α,β-unsaturated/α-hetero) is 1. The Bertz CT molecular complexity index is 1100. The number of likely N-dealkylation sites (N-methyl/N-ethyl adjacent to an activating group) is 1. The average Bonchev–Trinajstić information content (AvgIpc) is 3.14. The highest BCUT2D eigenvalue weighted by Gasteiger charge is 2.43. The van der Waals surface area contributed by atoms with Crippen LogP contribution < -0.4 is 15.1 Å². The first-order chi connectivity index (χ1) is 16.0. The second-order valence-corrected chi connectivity index (χ2v) is 9.35. The van der Waals surface area contributed by atoms with Gasteiger partial charge in [0.15, 0.2) is 5.78 Å². The molecule has 2 aromatic carbocycles. The van der Waals surface area contributed by atoms with Crippen molar-refractivity contribution in [1.82, 2.24) is 10.4 Å². The highest BCUT2D eigenvalue weighted by atomic mass is 16.5. The Morgan fingerprint density at radius 2 is 2.03 bits per heavy atom. The molecule has 1 spiro atoms. The Balaban J connectivity index is 1.22. The number of rotatable bonds is 4. The molecule has 7 heteroatoms. The van der Waals surface area contributed by atoms with E-state index in [9.17, 15) is 9.59 Å². The smallest absolute Gasteiger partial charge is 0.267 e. The third-order valence-electron chi connectivity index (χ3n) is 7.26. The third-order valence-corrected chi connectivity index (χ3v) is 7.26. The molecule has 1 unspecified atom stereocenters. The molecule has 1 amide bonds. The molecule has 0 radical (unpaired) electrons. The Morgan fingerprint density at radius 1 is 1.24 bits per heavy atom. The molecule has 0 aliphatic carbocycles. The standard InChI is InChI=1S/C26H29N3O4/c1-28-20(15-19-4-2-3-5-22(19)28)17-29-12-10-26(11-13-29)16-23(30)21-14-18(6-8-24(21)33-26)7-9-25(31)27-32/h2-9,14,20,32H,10-13,15-17H2,1H3,(H,27,31)/b9-7+. The number of benzene rings is 2. The predicted octanol–water partition coefficient (Wildman–Crippen LogP) is 3.07. The number of hydrogen-bond acceptors (Lipinski definition) is 6. The van der Waals surface area contributed by atoms with Crippen molar-refractivity contribution in [1.29, 1.82) is 0 Å². The zero-order valence-electron chi connectivity index (χ0n) is 18.8. The zero-order valence-corrected chi connectivity index (χ0v) is 18.8. The number of para-hydroxylation sites is 1. The summed E-state index contributed by atoms with van der Waals surface area (Å²) >= 11 is 0. The molecule has 0 aromatic heterocycles. The van der Waals surface area contributed by atoms with E-state index in [0.29, 0.717) is 29.3 Å². The number of hydrogen-bond donors (Lipinski definition) is 2. The zero-order chi connectivity index (χ0) is 23.0. The molecule has 1 fully saturated rings. The summed E-state index contributed by atoms with van der Waals surface area (Å²) in [5.41, 5.74) is 5.14. The fourth-order valence-corrected chi connectivity index (χ4v) is 5.35. The van der Waals surface area contributed by atoms with Crippen LogP contribution in [0.1, 0.15) is 40.7 Å². The summed E-state index contributed by atoms with van der Waals surface area (Å²) in [5, 5.41) is 8.61. The highest BCUT2D eigenvalue weighted by molar-refractivity contribution is 6.01. The van der Waals surface area contributed by atoms with E-state index in [-0.39, 0.29) is 5.78 Å². The van der Waals surface area contributed by atoms with Crippen LogP contribution in [0.4, 0.5) is 5.69 Å². The number of nitrogens with zero attached hydrogens (tertiary/aromatic N) is 2. The summed E-state index contributed by atoms with van der Waals surface area (Å²) in [7, 11) is 2.18. The average molecular weight is 448 g/mol. The molecule has 5 rings (SSSR count). The number of fused-ring (bicyclic) bond motifs is 2. The third kappa shape index (κ3) is 4.26. The number of piperidine rings is 1. The monoisotopic (exact) mass is 447 g/mol. The fraction of sp³-hybridized carbons (Fsp3) is 0.385. The molecule has 0 bridgehead atoms. The summed E-state index contributed by atoms with van der Waals surface area (Å²) in [4.78, 5) is 29.1. The first kappa shape index (κ1) is 21.7. The van der Waals surface area contributed by atoms with Gasteiger partial charge in [-0.3, -0.25) is 14.8 Å². The lowest BCUT2D eigenvalue weighted by Crippen LogP contribution is -2.53. The van der Waals surface area contributed by atoms with Crippen LogP contribution in [-0.2, 0) is 11.2 Å². The van der Waals surface area contributed by atoms with Crippen molar-refractivity contribution in [2.45, 2.75) is 37.3 Å². The van der Waals surface area contributed by atoms with Crippen molar-refractivity contribution in [3.8, 4) is 5.75 Å². The molecule has 3 aliphatic rings. The van der Waals surface area contributed by atoms with Crippen LogP contribution in [0.2, 0.25) is 0 Å². The summed E-state index contributed by atoms with van der Waals surface area (Å²) in [5.74, 6) is 0.0839. The second-order valence-electron chi connectivity index (χ2n) is 9.35. The first-order valence-electron chi connectivity index (χ1n) is 11.5. The molecule has 172 valence electrons. The van der Waals surface area contributed by atoms with Crippen LogP contribution in [0.15, 0.2) is 48.5 Å². The molecule has 33 heavy (non-hydrogen) atoms. The maximum Gasteiger partial charge on any atom is 0.267 e. The molecule has 7 nitrogen and oxygen atoms in total. The molecular weight excluding hydrogens is 418 g/mol. The van der Waals surface area contributed by atoms with Gasteiger partial charge in [-0.05, 0) is 41.8 Å². The minimum absolute atomic E-state index is 0.0811. The van der Waals surface area contributed by atoms with Gasteiger partial charge in [0.2, 0.25) is 0 Å². The molecule has 3 aliphatic heterocycles. The van der Waals surface area contributed by atoms with Crippen molar-refractivity contribution >= 4 is 23.5 Å². The van der Waals surface area contributed by atoms with Crippen LogP contribution in [0.3, 0.4) is 0 Å². The Morgan fingerprint density at radius 3 is 2.79 bits per heavy atom. The number of carbonyl (C=O) groups is 2. The van der Waals surface area contributed by atoms with E-state index in [1.54, 1.807) is 17.6 Å². The normalized spacial score (nSPS) is 21.7. The molecule has 0 saturated carbocycles. The summed E-state index contributed by atoms with van der Waals surface area (Å²) < 4.78 is 6.42. The number of hydroxylamine groups is 1. The molecule has 3 heterocycles. The Kier molecular flexibility index (Phi) is 5.68. The van der Waals surface area contributed by atoms with Crippen molar-refractivity contribution in [2.75, 3.05) is 31.6 Å². The number of likely N-dealkylation sites (tertiary alicyclic amines) is 1. The molecule has 2 N–H and O–H groups in total. The van der Waals surface area contributed by atoms with E-state index in [2.05, 4.69) is 41.1 Å². The van der Waals surface area contributed by atoms with E-state index >= 15 is 0 Å². The summed E-state index contributed by atoms with van der Waals surface area (Å²) in [6.45, 7) is 2.85. The minimum Gasteiger partial charge on any atom is -0.486 e. The second kappa shape index (κ2) is 8.65. The lowest BCUT2D eigenvalue weighted by Gasteiger charge is -2.44. The quantitative estimate of drug-likeness (QED) is 0.426. The summed E-state index contributed by atoms with van der Waals surface area (Å²) in [6.07, 6.45) is 5.90. The van der Waals surface area contributed by atoms with Crippen LogP contribution in [0.25, 0.3) is 6.08 Å². The van der Waals surface area contributed by atoms with Gasteiger partial charge in [-0.15, -0.1) is 0 Å². The van der Waals surface area contributed by atoms with Crippen LogP contribution >= 0.6 is 0 Å². The van der Waals surface area contributed by atoms with Crippen LogP contribution in [-0.4, -0.2) is 60.1 Å². The predicted molar refractivity (Wildman–Crippen MR) is 126 cm³/mol. The van der Waals surface area contributed by atoms with Gasteiger partial charge in [0.25, 0.3) is 5.91 Å². The Hall–Kier alpha value is -3.16. The van der Waals surface area contributed by atoms with Crippen molar-refractivity contribution in [2.24, 2.45) is 0 Å². The maximum atomic E-state index is 13.0.